The standard InChI is InChI=1S/C22H26N4S/c1-14(18-8-9-19(27-18)20-23-25-26-24-20)12-15-6-7-16-17(13-15)22(4,5)11-10-21(16,2)3/h6-9,12-13H,10-11H2,1-5H3,(H,23,24,25,26)/b14-12+. The number of tetrazole rings is 1. The first kappa shape index (κ1) is 18.1. The molecule has 0 saturated heterocycles. The molecule has 0 spiro atoms. The Morgan fingerprint density at radius 2 is 1.78 bits per heavy atom. The molecule has 4 nitrogen and oxygen atoms in total. The van der Waals surface area contributed by atoms with Crippen LogP contribution in [0.1, 0.15) is 69.0 Å². The monoisotopic (exact) mass is 378 g/mol. The smallest absolute Gasteiger partial charge is 0.177 e. The summed E-state index contributed by atoms with van der Waals surface area (Å²) in [5, 5.41) is 14.3. The van der Waals surface area contributed by atoms with E-state index in [1.807, 2.05) is 0 Å². The van der Waals surface area contributed by atoms with Crippen molar-refractivity contribution in [3.63, 3.8) is 0 Å². The predicted molar refractivity (Wildman–Crippen MR) is 113 cm³/mol. The van der Waals surface area contributed by atoms with Gasteiger partial charge in [-0.1, -0.05) is 52.0 Å². The van der Waals surface area contributed by atoms with Crippen molar-refractivity contribution in [1.29, 1.82) is 0 Å². The highest BCUT2D eigenvalue weighted by molar-refractivity contribution is 7.16. The minimum absolute atomic E-state index is 0.233. The van der Waals surface area contributed by atoms with Crippen LogP contribution >= 0.6 is 11.3 Å². The Kier molecular flexibility index (Phi) is 4.30. The molecule has 0 radical (unpaired) electrons. The van der Waals surface area contributed by atoms with Crippen molar-refractivity contribution < 1.29 is 0 Å². The van der Waals surface area contributed by atoms with Crippen LogP contribution in [0, 0.1) is 0 Å². The second-order valence-electron chi connectivity index (χ2n) is 8.80. The number of hydrogen-bond donors (Lipinski definition) is 1. The lowest BCUT2D eigenvalue weighted by atomic mass is 9.63. The Bertz CT molecular complexity index is 993. The van der Waals surface area contributed by atoms with Gasteiger partial charge in [0.05, 0.1) is 4.88 Å². The van der Waals surface area contributed by atoms with Crippen LogP contribution in [-0.4, -0.2) is 20.6 Å². The lowest BCUT2D eigenvalue weighted by Gasteiger charge is -2.42. The maximum absolute atomic E-state index is 4.06. The molecule has 0 fully saturated rings. The molecule has 1 aliphatic rings. The summed E-state index contributed by atoms with van der Waals surface area (Å²) in [6.45, 7) is 11.6. The lowest BCUT2D eigenvalue weighted by Crippen LogP contribution is -2.33. The zero-order valence-corrected chi connectivity index (χ0v) is 17.4. The second kappa shape index (κ2) is 6.41. The maximum Gasteiger partial charge on any atom is 0.214 e. The second-order valence-corrected chi connectivity index (χ2v) is 9.88. The zero-order valence-electron chi connectivity index (χ0n) is 16.6. The molecular formula is C22H26N4S. The number of nitrogens with one attached hydrogen (secondary N) is 1. The largest absolute Gasteiger partial charge is 0.214 e. The van der Waals surface area contributed by atoms with Gasteiger partial charge >= 0.3 is 0 Å². The fourth-order valence-electron chi connectivity index (χ4n) is 3.95. The molecule has 3 aromatic rings. The average Bonchev–Trinajstić information content (AvgIpc) is 3.30. The van der Waals surface area contributed by atoms with E-state index in [1.54, 1.807) is 11.3 Å². The van der Waals surface area contributed by atoms with E-state index >= 15 is 0 Å². The van der Waals surface area contributed by atoms with Gasteiger partial charge < -0.3 is 0 Å². The summed E-state index contributed by atoms with van der Waals surface area (Å²) in [5.74, 6) is 0.650. The van der Waals surface area contributed by atoms with E-state index in [0.29, 0.717) is 5.82 Å². The van der Waals surface area contributed by atoms with Gasteiger partial charge in [-0.25, -0.2) is 0 Å². The Balaban J connectivity index is 1.68. The van der Waals surface area contributed by atoms with Crippen LogP contribution < -0.4 is 0 Å². The number of aromatic nitrogens is 4. The number of H-pyrrole nitrogens is 1. The molecule has 2 aromatic heterocycles. The van der Waals surface area contributed by atoms with Crippen molar-refractivity contribution in [2.24, 2.45) is 0 Å². The minimum Gasteiger partial charge on any atom is -0.177 e. The number of rotatable bonds is 3. The molecule has 1 aromatic carbocycles. The topological polar surface area (TPSA) is 54.5 Å². The third kappa shape index (κ3) is 3.36. The number of nitrogens with zero attached hydrogens (tertiary/aromatic N) is 3. The average molecular weight is 379 g/mol. The number of fused-ring (bicyclic) bond motifs is 1. The molecule has 0 unspecified atom stereocenters. The molecule has 4 rings (SSSR count). The summed E-state index contributed by atoms with van der Waals surface area (Å²) in [6, 6.07) is 11.2. The summed E-state index contributed by atoms with van der Waals surface area (Å²) >= 11 is 1.69. The molecule has 5 heteroatoms. The molecule has 0 atom stereocenters. The van der Waals surface area contributed by atoms with Crippen molar-refractivity contribution in [1.82, 2.24) is 20.6 Å². The van der Waals surface area contributed by atoms with Crippen LogP contribution in [0.2, 0.25) is 0 Å². The van der Waals surface area contributed by atoms with E-state index in [0.717, 1.165) is 4.88 Å². The van der Waals surface area contributed by atoms with Gasteiger partial charge in [0.2, 0.25) is 5.82 Å². The number of benzene rings is 1. The highest BCUT2D eigenvalue weighted by Crippen LogP contribution is 2.46. The van der Waals surface area contributed by atoms with Crippen molar-refractivity contribution in [3.05, 3.63) is 51.9 Å². The van der Waals surface area contributed by atoms with Crippen molar-refractivity contribution in [2.75, 3.05) is 0 Å². The summed E-state index contributed by atoms with van der Waals surface area (Å²) in [5.41, 5.74) is 6.02. The fourth-order valence-corrected chi connectivity index (χ4v) is 4.86. The van der Waals surface area contributed by atoms with Gasteiger partial charge in [0.25, 0.3) is 0 Å². The number of thiophene rings is 1. The Labute approximate surface area is 164 Å². The van der Waals surface area contributed by atoms with Crippen LogP contribution in [0.15, 0.2) is 30.3 Å². The Morgan fingerprint density at radius 3 is 2.48 bits per heavy atom. The van der Waals surface area contributed by atoms with Crippen LogP contribution in [-0.2, 0) is 10.8 Å². The fraction of sp³-hybridized carbons (Fsp3) is 0.409. The Hall–Kier alpha value is -2.27. The highest BCUT2D eigenvalue weighted by atomic mass is 32.1. The lowest BCUT2D eigenvalue weighted by molar-refractivity contribution is 0.332. The van der Waals surface area contributed by atoms with Gasteiger partial charge in [0.15, 0.2) is 0 Å². The molecular weight excluding hydrogens is 352 g/mol. The van der Waals surface area contributed by atoms with Gasteiger partial charge in [-0.3, -0.25) is 0 Å². The summed E-state index contributed by atoms with van der Waals surface area (Å²) in [6.07, 6.45) is 4.76. The van der Waals surface area contributed by atoms with Gasteiger partial charge in [-0.05, 0) is 70.2 Å². The van der Waals surface area contributed by atoms with Gasteiger partial charge in [-0.2, -0.15) is 5.21 Å². The highest BCUT2D eigenvalue weighted by Gasteiger charge is 2.36. The summed E-state index contributed by atoms with van der Waals surface area (Å²) < 4.78 is 0. The van der Waals surface area contributed by atoms with Crippen LogP contribution in [0.5, 0.6) is 0 Å². The van der Waals surface area contributed by atoms with Crippen LogP contribution in [0.3, 0.4) is 0 Å². The Morgan fingerprint density at radius 1 is 1.04 bits per heavy atom. The molecule has 27 heavy (non-hydrogen) atoms. The van der Waals surface area contributed by atoms with E-state index in [9.17, 15) is 0 Å². The van der Waals surface area contributed by atoms with Crippen molar-refractivity contribution >= 4 is 23.0 Å². The van der Waals surface area contributed by atoms with E-state index < -0.39 is 0 Å². The summed E-state index contributed by atoms with van der Waals surface area (Å²) in [7, 11) is 0. The van der Waals surface area contributed by atoms with E-state index in [4.69, 9.17) is 0 Å². The molecule has 1 aliphatic carbocycles. The van der Waals surface area contributed by atoms with Gasteiger partial charge in [-0.15, -0.1) is 21.5 Å². The number of hydrogen-bond acceptors (Lipinski definition) is 4. The molecule has 0 saturated carbocycles. The van der Waals surface area contributed by atoms with Gasteiger partial charge in [0, 0.05) is 4.88 Å². The SMILES string of the molecule is C/C(=C\c1ccc2c(c1)C(C)(C)CCC2(C)C)c1ccc(-c2nn[nH]n2)s1. The van der Waals surface area contributed by atoms with Crippen LogP contribution in [0.4, 0.5) is 0 Å². The molecule has 0 aliphatic heterocycles. The molecule has 0 amide bonds. The van der Waals surface area contributed by atoms with Crippen LogP contribution in [0.25, 0.3) is 22.4 Å². The van der Waals surface area contributed by atoms with E-state index in [1.165, 1.54) is 40.0 Å². The van der Waals surface area contributed by atoms with E-state index in [2.05, 4.69) is 91.7 Å². The minimum atomic E-state index is 0.233. The molecule has 1 N–H and O–H groups in total. The molecule has 0 bridgehead atoms. The van der Waals surface area contributed by atoms with Crippen molar-refractivity contribution in [2.45, 2.75) is 58.3 Å². The molecule has 140 valence electrons. The first-order valence-corrected chi connectivity index (χ1v) is 10.3. The maximum atomic E-state index is 4.06. The number of allylic oxidation sites excluding steroid dienone is 1. The summed E-state index contributed by atoms with van der Waals surface area (Å²) in [4.78, 5) is 2.26. The zero-order chi connectivity index (χ0) is 19.2. The number of aromatic amines is 1. The predicted octanol–water partition coefficient (Wildman–Crippen LogP) is 5.84. The van der Waals surface area contributed by atoms with Gasteiger partial charge in [0.1, 0.15) is 0 Å². The first-order valence-electron chi connectivity index (χ1n) is 9.44. The van der Waals surface area contributed by atoms with Crippen molar-refractivity contribution in [3.8, 4) is 10.7 Å². The quantitative estimate of drug-likeness (QED) is 0.623. The first-order chi connectivity index (χ1) is 12.8. The molecule has 2 heterocycles. The third-order valence-corrected chi connectivity index (χ3v) is 7.04. The third-order valence-electron chi connectivity index (χ3n) is 5.82. The normalized spacial score (nSPS) is 18.3. The van der Waals surface area contributed by atoms with E-state index in [-0.39, 0.29) is 10.8 Å².